The largest absolute Gasteiger partial charge is 0.489 e. The van der Waals surface area contributed by atoms with Gasteiger partial charge in [0.25, 0.3) is 5.89 Å². The molecule has 0 radical (unpaired) electrons. The number of carbonyl (C=O) groups excluding carboxylic acids is 1. The second-order valence-corrected chi connectivity index (χ2v) is 8.75. The minimum Gasteiger partial charge on any atom is -0.489 e. The fraction of sp³-hybridized carbons (Fsp3) is 0.250. The third-order valence-electron chi connectivity index (χ3n) is 6.35. The molecule has 1 amide bonds. The number of oxazole rings is 1. The number of piperazine rings is 1. The Hall–Kier alpha value is -4.55. The van der Waals surface area contributed by atoms with Crippen molar-refractivity contribution < 1.29 is 18.4 Å². The molecule has 1 saturated heterocycles. The van der Waals surface area contributed by atoms with Crippen molar-refractivity contribution in [3.63, 3.8) is 0 Å². The summed E-state index contributed by atoms with van der Waals surface area (Å²) in [7, 11) is 0. The number of ether oxygens (including phenoxy) is 1. The number of furan rings is 1. The molecule has 0 aliphatic carbocycles. The van der Waals surface area contributed by atoms with Crippen LogP contribution in [0.15, 0.2) is 81.8 Å². The molecule has 0 saturated carbocycles. The Morgan fingerprint density at radius 2 is 1.84 bits per heavy atom. The van der Waals surface area contributed by atoms with E-state index in [0.717, 1.165) is 11.3 Å². The van der Waals surface area contributed by atoms with Gasteiger partial charge >= 0.3 is 0 Å². The van der Waals surface area contributed by atoms with Crippen molar-refractivity contribution in [1.29, 1.82) is 5.26 Å². The summed E-state index contributed by atoms with van der Waals surface area (Å²) in [6, 6.07) is 22.6. The van der Waals surface area contributed by atoms with Crippen molar-refractivity contribution in [2.75, 3.05) is 36.4 Å². The van der Waals surface area contributed by atoms with Crippen LogP contribution in [0.3, 0.4) is 0 Å². The van der Waals surface area contributed by atoms with E-state index < -0.39 is 0 Å². The Morgan fingerprint density at radius 3 is 2.51 bits per heavy atom. The number of nitriles is 1. The highest BCUT2D eigenvalue weighted by Crippen LogP contribution is 2.29. The van der Waals surface area contributed by atoms with E-state index >= 15 is 0 Å². The summed E-state index contributed by atoms with van der Waals surface area (Å²) in [5, 5.41) is 12.5. The van der Waals surface area contributed by atoms with Crippen molar-refractivity contribution in [3.05, 3.63) is 84.3 Å². The molecule has 1 fully saturated rings. The van der Waals surface area contributed by atoms with Gasteiger partial charge in [-0.25, -0.2) is 0 Å². The van der Waals surface area contributed by atoms with Gasteiger partial charge in [0.2, 0.25) is 17.5 Å². The minimum absolute atomic E-state index is 0.0797. The standard InChI is InChI=1S/C28H27N5O4/c1-20(26(34)30-22-9-11-23(12-10-22)36-19-21-6-3-2-4-7-21)32-13-15-33(16-14-32)28-24(18-29)31-27(37-28)25-8-5-17-35-25/h2-12,17,20H,13-16,19H2,1H3,(H,30,34). The number of hydrogen-bond donors (Lipinski definition) is 1. The van der Waals surface area contributed by atoms with Gasteiger partial charge in [-0.2, -0.15) is 10.2 Å². The Morgan fingerprint density at radius 1 is 1.08 bits per heavy atom. The topological polar surface area (TPSA) is 108 Å². The van der Waals surface area contributed by atoms with Gasteiger partial charge in [0.15, 0.2) is 5.76 Å². The van der Waals surface area contributed by atoms with E-state index in [1.54, 1.807) is 12.1 Å². The monoisotopic (exact) mass is 497 g/mol. The second kappa shape index (κ2) is 11.0. The van der Waals surface area contributed by atoms with Crippen LogP contribution in [-0.4, -0.2) is 48.0 Å². The lowest BCUT2D eigenvalue weighted by Crippen LogP contribution is -2.52. The number of hydrogen-bond acceptors (Lipinski definition) is 8. The Bertz CT molecular complexity index is 1350. The zero-order valence-corrected chi connectivity index (χ0v) is 20.5. The molecule has 2 aromatic carbocycles. The summed E-state index contributed by atoms with van der Waals surface area (Å²) < 4.78 is 17.0. The molecule has 0 spiro atoms. The maximum atomic E-state index is 12.9. The Labute approximate surface area is 214 Å². The van der Waals surface area contributed by atoms with Gasteiger partial charge < -0.3 is 23.8 Å². The summed E-state index contributed by atoms with van der Waals surface area (Å²) in [6.07, 6.45) is 1.53. The van der Waals surface area contributed by atoms with Crippen LogP contribution >= 0.6 is 0 Å². The minimum atomic E-state index is -0.319. The van der Waals surface area contributed by atoms with E-state index in [1.165, 1.54) is 6.26 Å². The lowest BCUT2D eigenvalue weighted by molar-refractivity contribution is -0.120. The smallest absolute Gasteiger partial charge is 0.266 e. The zero-order valence-electron chi connectivity index (χ0n) is 20.5. The molecule has 188 valence electrons. The summed E-state index contributed by atoms with van der Waals surface area (Å²) in [5.74, 6) is 1.85. The molecule has 9 heteroatoms. The Kier molecular flexibility index (Phi) is 7.19. The van der Waals surface area contributed by atoms with Crippen LogP contribution < -0.4 is 15.0 Å². The van der Waals surface area contributed by atoms with Crippen molar-refractivity contribution in [3.8, 4) is 23.5 Å². The van der Waals surface area contributed by atoms with E-state index in [4.69, 9.17) is 13.6 Å². The highest BCUT2D eigenvalue weighted by atomic mass is 16.5. The maximum Gasteiger partial charge on any atom is 0.266 e. The molecular weight excluding hydrogens is 470 g/mol. The molecule has 0 bridgehead atoms. The van der Waals surface area contributed by atoms with Crippen molar-refractivity contribution in [2.45, 2.75) is 19.6 Å². The molecule has 37 heavy (non-hydrogen) atoms. The number of amides is 1. The van der Waals surface area contributed by atoms with Gasteiger partial charge in [0.05, 0.1) is 12.3 Å². The fourth-order valence-corrected chi connectivity index (χ4v) is 4.21. The first kappa shape index (κ1) is 24.2. The van der Waals surface area contributed by atoms with Crippen LogP contribution in [0.1, 0.15) is 18.2 Å². The lowest BCUT2D eigenvalue weighted by atomic mass is 10.2. The van der Waals surface area contributed by atoms with Gasteiger partial charge in [0, 0.05) is 31.9 Å². The normalized spacial score (nSPS) is 14.6. The number of rotatable bonds is 8. The van der Waals surface area contributed by atoms with E-state index in [1.807, 2.05) is 66.4 Å². The van der Waals surface area contributed by atoms with Crippen molar-refractivity contribution in [1.82, 2.24) is 9.88 Å². The van der Waals surface area contributed by atoms with Gasteiger partial charge in [-0.15, -0.1) is 0 Å². The molecule has 1 N–H and O–H groups in total. The van der Waals surface area contributed by atoms with Gasteiger partial charge in [-0.3, -0.25) is 9.69 Å². The number of aromatic nitrogens is 1. The van der Waals surface area contributed by atoms with Crippen LogP contribution in [0.2, 0.25) is 0 Å². The highest BCUT2D eigenvalue weighted by Gasteiger charge is 2.29. The summed E-state index contributed by atoms with van der Waals surface area (Å²) in [4.78, 5) is 21.3. The summed E-state index contributed by atoms with van der Waals surface area (Å²) >= 11 is 0. The molecule has 1 aliphatic rings. The van der Waals surface area contributed by atoms with Gasteiger partial charge in [-0.05, 0) is 48.9 Å². The molecule has 1 atom stereocenters. The quantitative estimate of drug-likeness (QED) is 0.378. The number of carbonyl (C=O) groups is 1. The molecule has 1 aliphatic heterocycles. The van der Waals surface area contributed by atoms with E-state index in [9.17, 15) is 10.1 Å². The third-order valence-corrected chi connectivity index (χ3v) is 6.35. The molecule has 4 aromatic rings. The van der Waals surface area contributed by atoms with Crippen LogP contribution in [-0.2, 0) is 11.4 Å². The first-order chi connectivity index (χ1) is 18.1. The molecule has 2 aromatic heterocycles. The highest BCUT2D eigenvalue weighted by molar-refractivity contribution is 5.94. The van der Waals surface area contributed by atoms with Crippen LogP contribution in [0.4, 0.5) is 11.6 Å². The van der Waals surface area contributed by atoms with Crippen LogP contribution in [0.5, 0.6) is 5.75 Å². The third kappa shape index (κ3) is 5.66. The summed E-state index contributed by atoms with van der Waals surface area (Å²) in [6.45, 7) is 4.88. The van der Waals surface area contributed by atoms with E-state index in [-0.39, 0.29) is 23.5 Å². The Balaban J connectivity index is 1.13. The first-order valence-corrected chi connectivity index (χ1v) is 12.1. The molecule has 5 rings (SSSR count). The van der Waals surface area contributed by atoms with Crippen LogP contribution in [0, 0.1) is 11.3 Å². The van der Waals surface area contributed by atoms with E-state index in [2.05, 4.69) is 21.3 Å². The van der Waals surface area contributed by atoms with Gasteiger partial charge in [-0.1, -0.05) is 30.3 Å². The average Bonchev–Trinajstić information content (AvgIpc) is 3.63. The van der Waals surface area contributed by atoms with Gasteiger partial charge in [0.1, 0.15) is 18.4 Å². The predicted molar refractivity (Wildman–Crippen MR) is 138 cm³/mol. The van der Waals surface area contributed by atoms with E-state index in [0.29, 0.717) is 50.1 Å². The fourth-order valence-electron chi connectivity index (χ4n) is 4.21. The number of benzene rings is 2. The lowest BCUT2D eigenvalue weighted by Gasteiger charge is -2.37. The molecule has 1 unspecified atom stereocenters. The van der Waals surface area contributed by atoms with Crippen molar-refractivity contribution >= 4 is 17.5 Å². The van der Waals surface area contributed by atoms with Crippen LogP contribution in [0.25, 0.3) is 11.7 Å². The maximum absolute atomic E-state index is 12.9. The summed E-state index contributed by atoms with van der Waals surface area (Å²) in [5.41, 5.74) is 2.04. The van der Waals surface area contributed by atoms with Crippen molar-refractivity contribution in [2.24, 2.45) is 0 Å². The number of nitrogens with zero attached hydrogens (tertiary/aromatic N) is 4. The molecule has 9 nitrogen and oxygen atoms in total. The molecular formula is C28H27N5O4. The molecule has 3 heterocycles. The number of anilines is 2. The number of nitrogens with one attached hydrogen (secondary N) is 1. The zero-order chi connectivity index (χ0) is 25.6. The SMILES string of the molecule is CC(C(=O)Nc1ccc(OCc2ccccc2)cc1)N1CCN(c2oc(-c3ccco3)nc2C#N)CC1. The first-order valence-electron chi connectivity index (χ1n) is 12.1. The predicted octanol–water partition coefficient (Wildman–Crippen LogP) is 4.53. The second-order valence-electron chi connectivity index (χ2n) is 8.75. The average molecular weight is 498 g/mol.